The lowest BCUT2D eigenvalue weighted by Crippen LogP contribution is -2.47. The van der Waals surface area contributed by atoms with Crippen LogP contribution in [-0.2, 0) is 9.53 Å². The van der Waals surface area contributed by atoms with Gasteiger partial charge in [0.15, 0.2) is 11.5 Å². The maximum atomic E-state index is 12.5. The normalized spacial score (nSPS) is 20.3. The summed E-state index contributed by atoms with van der Waals surface area (Å²) in [4.78, 5) is 12.5. The Bertz CT molecular complexity index is 604. The van der Waals surface area contributed by atoms with Gasteiger partial charge in [0.25, 0.3) is 0 Å². The molecule has 0 spiro atoms. The highest BCUT2D eigenvalue weighted by atomic mass is 79.9. The molecule has 1 amide bonds. The molecule has 132 valence electrons. The molecule has 0 radical (unpaired) electrons. The summed E-state index contributed by atoms with van der Waals surface area (Å²) < 4.78 is 17.4. The van der Waals surface area contributed by atoms with Gasteiger partial charge in [0, 0.05) is 17.7 Å². The molecule has 0 bridgehead atoms. The van der Waals surface area contributed by atoms with Gasteiger partial charge in [-0.2, -0.15) is 0 Å². The van der Waals surface area contributed by atoms with E-state index < -0.39 is 6.04 Å². The molecule has 3 rings (SSSR count). The highest BCUT2D eigenvalue weighted by Crippen LogP contribution is 2.37. The maximum absolute atomic E-state index is 12.5. The van der Waals surface area contributed by atoms with Crippen LogP contribution in [0.3, 0.4) is 0 Å². The average Bonchev–Trinajstić information content (AvgIpc) is 2.61. The van der Waals surface area contributed by atoms with Crippen LogP contribution in [0.2, 0.25) is 0 Å². The molecule has 0 aliphatic carbocycles. The van der Waals surface area contributed by atoms with E-state index in [2.05, 4.69) is 21.2 Å². The predicted octanol–water partition coefficient (Wildman–Crippen LogP) is 2.15. The Morgan fingerprint density at radius 3 is 2.50 bits per heavy atom. The summed E-state index contributed by atoms with van der Waals surface area (Å²) in [7, 11) is 0. The second-order valence-electron chi connectivity index (χ2n) is 6.22. The molecule has 1 saturated heterocycles. The fourth-order valence-corrected chi connectivity index (χ4v) is 3.75. The number of hydrogen-bond acceptors (Lipinski definition) is 5. The van der Waals surface area contributed by atoms with Crippen LogP contribution in [0.25, 0.3) is 0 Å². The Kier molecular flexibility index (Phi) is 5.63. The number of nitrogens with two attached hydrogens (primary N) is 1. The minimum absolute atomic E-state index is 0.129. The van der Waals surface area contributed by atoms with E-state index in [0.717, 1.165) is 22.9 Å². The van der Waals surface area contributed by atoms with E-state index in [1.165, 1.54) is 0 Å². The standard InChI is InChI=1S/C17H23BrN2O4/c1-10(20-17(21)16(19)11-2-4-22-5-3-11)12-8-14-15(9-13(12)18)24-7-6-23-14/h8-11,16H,2-7,19H2,1H3,(H,20,21). The van der Waals surface area contributed by atoms with E-state index in [4.69, 9.17) is 19.9 Å². The quantitative estimate of drug-likeness (QED) is 0.811. The molecule has 7 heteroatoms. The summed E-state index contributed by atoms with van der Waals surface area (Å²) in [5, 5.41) is 3.01. The first-order valence-electron chi connectivity index (χ1n) is 8.29. The van der Waals surface area contributed by atoms with Crippen molar-refractivity contribution in [3.63, 3.8) is 0 Å². The highest BCUT2D eigenvalue weighted by molar-refractivity contribution is 9.10. The predicted molar refractivity (Wildman–Crippen MR) is 93.2 cm³/mol. The number of benzene rings is 1. The zero-order chi connectivity index (χ0) is 17.1. The molecule has 2 aliphatic heterocycles. The van der Waals surface area contributed by atoms with Gasteiger partial charge < -0.3 is 25.3 Å². The molecule has 6 nitrogen and oxygen atoms in total. The van der Waals surface area contributed by atoms with Gasteiger partial charge in [-0.1, -0.05) is 15.9 Å². The average molecular weight is 399 g/mol. The van der Waals surface area contributed by atoms with Crippen molar-refractivity contribution in [1.29, 1.82) is 0 Å². The van der Waals surface area contributed by atoms with Gasteiger partial charge in [-0.05, 0) is 43.4 Å². The van der Waals surface area contributed by atoms with Gasteiger partial charge in [0.1, 0.15) is 13.2 Å². The van der Waals surface area contributed by atoms with Crippen molar-refractivity contribution in [3.05, 3.63) is 22.2 Å². The smallest absolute Gasteiger partial charge is 0.237 e. The lowest BCUT2D eigenvalue weighted by Gasteiger charge is -2.28. The van der Waals surface area contributed by atoms with E-state index in [0.29, 0.717) is 37.9 Å². The molecule has 2 atom stereocenters. The summed E-state index contributed by atoms with van der Waals surface area (Å²) in [5.74, 6) is 1.47. The van der Waals surface area contributed by atoms with Crippen LogP contribution in [0.5, 0.6) is 11.5 Å². The number of nitrogens with one attached hydrogen (secondary N) is 1. The molecule has 2 heterocycles. The molecular formula is C17H23BrN2O4. The van der Waals surface area contributed by atoms with Crippen LogP contribution in [0.4, 0.5) is 0 Å². The molecule has 1 aromatic rings. The Labute approximate surface area is 150 Å². The molecule has 1 aromatic carbocycles. The van der Waals surface area contributed by atoms with Crippen LogP contribution in [0.1, 0.15) is 31.4 Å². The topological polar surface area (TPSA) is 82.8 Å². The van der Waals surface area contributed by atoms with Crippen LogP contribution >= 0.6 is 15.9 Å². The maximum Gasteiger partial charge on any atom is 0.237 e. The molecule has 3 N–H and O–H groups in total. The molecule has 1 fully saturated rings. The van der Waals surface area contributed by atoms with E-state index in [1.54, 1.807) is 0 Å². The van der Waals surface area contributed by atoms with Crippen LogP contribution in [-0.4, -0.2) is 38.4 Å². The van der Waals surface area contributed by atoms with Crippen LogP contribution < -0.4 is 20.5 Å². The van der Waals surface area contributed by atoms with E-state index >= 15 is 0 Å². The van der Waals surface area contributed by atoms with Crippen molar-refractivity contribution < 1.29 is 19.0 Å². The number of amides is 1. The summed E-state index contributed by atoms with van der Waals surface area (Å²) >= 11 is 3.54. The van der Waals surface area contributed by atoms with Crippen molar-refractivity contribution >= 4 is 21.8 Å². The second kappa shape index (κ2) is 7.72. The third-order valence-electron chi connectivity index (χ3n) is 4.56. The zero-order valence-electron chi connectivity index (χ0n) is 13.7. The number of carbonyl (C=O) groups is 1. The SMILES string of the molecule is CC(NC(=O)C(N)C1CCOCC1)c1cc2c(cc1Br)OCCO2. The van der Waals surface area contributed by atoms with Gasteiger partial charge >= 0.3 is 0 Å². The van der Waals surface area contributed by atoms with Crippen molar-refractivity contribution in [2.45, 2.75) is 31.8 Å². The number of fused-ring (bicyclic) bond motifs is 1. The molecule has 0 aromatic heterocycles. The van der Waals surface area contributed by atoms with Gasteiger partial charge in [-0.25, -0.2) is 0 Å². The van der Waals surface area contributed by atoms with E-state index in [1.807, 2.05) is 19.1 Å². The first kappa shape index (κ1) is 17.5. The molecule has 2 unspecified atom stereocenters. The number of carbonyl (C=O) groups excluding carboxylic acids is 1. The Morgan fingerprint density at radius 2 is 1.83 bits per heavy atom. The summed E-state index contributed by atoms with van der Waals surface area (Å²) in [6, 6.07) is 3.09. The van der Waals surface area contributed by atoms with Crippen molar-refractivity contribution in [3.8, 4) is 11.5 Å². The largest absolute Gasteiger partial charge is 0.486 e. The van der Waals surface area contributed by atoms with E-state index in [-0.39, 0.29) is 17.9 Å². The van der Waals surface area contributed by atoms with Gasteiger partial charge in [-0.3, -0.25) is 4.79 Å². The summed E-state index contributed by atoms with van der Waals surface area (Å²) in [6.07, 6.45) is 1.66. The Morgan fingerprint density at radius 1 is 1.21 bits per heavy atom. The van der Waals surface area contributed by atoms with Gasteiger partial charge in [0.2, 0.25) is 5.91 Å². The third-order valence-corrected chi connectivity index (χ3v) is 5.25. The van der Waals surface area contributed by atoms with Gasteiger partial charge in [-0.15, -0.1) is 0 Å². The first-order chi connectivity index (χ1) is 11.6. The lowest BCUT2D eigenvalue weighted by molar-refractivity contribution is -0.125. The molecule has 0 saturated carbocycles. The monoisotopic (exact) mass is 398 g/mol. The van der Waals surface area contributed by atoms with Crippen molar-refractivity contribution in [1.82, 2.24) is 5.32 Å². The minimum atomic E-state index is -0.507. The highest BCUT2D eigenvalue weighted by Gasteiger charge is 2.28. The Hall–Kier alpha value is -1.31. The summed E-state index contributed by atoms with van der Waals surface area (Å²) in [6.45, 7) is 4.36. The number of halogens is 1. The minimum Gasteiger partial charge on any atom is -0.486 e. The second-order valence-corrected chi connectivity index (χ2v) is 7.08. The van der Waals surface area contributed by atoms with Crippen molar-refractivity contribution in [2.24, 2.45) is 11.7 Å². The number of rotatable bonds is 4. The molecular weight excluding hydrogens is 376 g/mol. The fraction of sp³-hybridized carbons (Fsp3) is 0.588. The summed E-state index contributed by atoms with van der Waals surface area (Å²) in [5.41, 5.74) is 7.08. The number of hydrogen-bond donors (Lipinski definition) is 2. The van der Waals surface area contributed by atoms with Crippen LogP contribution in [0.15, 0.2) is 16.6 Å². The molecule has 24 heavy (non-hydrogen) atoms. The Balaban J connectivity index is 1.67. The fourth-order valence-electron chi connectivity index (χ4n) is 3.09. The van der Waals surface area contributed by atoms with Crippen LogP contribution in [0, 0.1) is 5.92 Å². The third kappa shape index (κ3) is 3.84. The van der Waals surface area contributed by atoms with Gasteiger partial charge in [0.05, 0.1) is 12.1 Å². The van der Waals surface area contributed by atoms with E-state index in [9.17, 15) is 4.79 Å². The first-order valence-corrected chi connectivity index (χ1v) is 9.08. The lowest BCUT2D eigenvalue weighted by atomic mass is 9.91. The zero-order valence-corrected chi connectivity index (χ0v) is 15.3. The molecule has 2 aliphatic rings. The number of ether oxygens (including phenoxy) is 3. The van der Waals surface area contributed by atoms with Crippen molar-refractivity contribution in [2.75, 3.05) is 26.4 Å².